The zero-order chi connectivity index (χ0) is 15.1. The van der Waals surface area contributed by atoms with E-state index >= 15 is 0 Å². The number of aliphatic hydroxyl groups is 1. The summed E-state index contributed by atoms with van der Waals surface area (Å²) in [6.45, 7) is 1.98. The molecule has 0 bridgehead atoms. The van der Waals surface area contributed by atoms with E-state index in [-0.39, 0.29) is 23.7 Å². The Morgan fingerprint density at radius 3 is 2.60 bits per heavy atom. The Bertz CT molecular complexity index is 629. The molecule has 0 spiro atoms. The standard InChI is InChI=1S/C12H15BrClNO4S/c1-3-12(16)6-15(7-12)20(17,18)10-5-8(14)4-9(13)11(10)19-2/h4-5,16H,3,6-7H2,1-2H3. The van der Waals surface area contributed by atoms with Gasteiger partial charge in [0.05, 0.1) is 17.2 Å². The van der Waals surface area contributed by atoms with Crippen molar-refractivity contribution < 1.29 is 18.3 Å². The number of hydrogen-bond donors (Lipinski definition) is 1. The molecule has 5 nitrogen and oxygen atoms in total. The Labute approximate surface area is 131 Å². The lowest BCUT2D eigenvalue weighted by Gasteiger charge is -2.44. The minimum absolute atomic E-state index is 0.00229. The molecule has 0 aliphatic carbocycles. The molecule has 8 heteroatoms. The lowest BCUT2D eigenvalue weighted by atomic mass is 9.94. The predicted molar refractivity (Wildman–Crippen MR) is 79.7 cm³/mol. The maximum absolute atomic E-state index is 12.6. The summed E-state index contributed by atoms with van der Waals surface area (Å²) in [6, 6.07) is 2.92. The zero-order valence-electron chi connectivity index (χ0n) is 11.1. The van der Waals surface area contributed by atoms with Gasteiger partial charge in [0.1, 0.15) is 4.90 Å². The van der Waals surface area contributed by atoms with Crippen LogP contribution >= 0.6 is 27.5 Å². The van der Waals surface area contributed by atoms with Gasteiger partial charge in [-0.2, -0.15) is 4.31 Å². The molecule has 1 aromatic carbocycles. The molecule has 0 saturated carbocycles. The van der Waals surface area contributed by atoms with Crippen LogP contribution in [0.2, 0.25) is 5.02 Å². The van der Waals surface area contributed by atoms with Crippen molar-refractivity contribution in [3.05, 3.63) is 21.6 Å². The van der Waals surface area contributed by atoms with E-state index in [1.54, 1.807) is 6.07 Å². The number of methoxy groups -OCH3 is 1. The third-order valence-electron chi connectivity index (χ3n) is 3.40. The number of benzene rings is 1. The van der Waals surface area contributed by atoms with Gasteiger partial charge in [-0.15, -0.1) is 0 Å². The Kier molecular flexibility index (Phi) is 4.37. The van der Waals surface area contributed by atoms with E-state index in [1.165, 1.54) is 17.5 Å². The Morgan fingerprint density at radius 1 is 1.50 bits per heavy atom. The van der Waals surface area contributed by atoms with Crippen molar-refractivity contribution >= 4 is 37.6 Å². The monoisotopic (exact) mass is 383 g/mol. The van der Waals surface area contributed by atoms with Crippen LogP contribution in [0.25, 0.3) is 0 Å². The van der Waals surface area contributed by atoms with Crippen LogP contribution in [0.5, 0.6) is 5.75 Å². The minimum Gasteiger partial charge on any atom is -0.494 e. The molecule has 1 aliphatic heterocycles. The molecule has 20 heavy (non-hydrogen) atoms. The molecule has 1 aromatic rings. The molecule has 112 valence electrons. The maximum Gasteiger partial charge on any atom is 0.247 e. The van der Waals surface area contributed by atoms with Crippen LogP contribution in [0.4, 0.5) is 0 Å². The zero-order valence-corrected chi connectivity index (χ0v) is 14.2. The van der Waals surface area contributed by atoms with Gasteiger partial charge in [-0.3, -0.25) is 0 Å². The first-order valence-corrected chi connectivity index (χ1v) is 8.60. The largest absolute Gasteiger partial charge is 0.494 e. The fourth-order valence-corrected chi connectivity index (χ4v) is 5.04. The fraction of sp³-hybridized carbons (Fsp3) is 0.500. The smallest absolute Gasteiger partial charge is 0.247 e. The summed E-state index contributed by atoms with van der Waals surface area (Å²) >= 11 is 9.15. The first-order chi connectivity index (χ1) is 9.23. The number of rotatable bonds is 4. The van der Waals surface area contributed by atoms with Crippen molar-refractivity contribution in [3.63, 3.8) is 0 Å². The number of ether oxygens (including phenoxy) is 1. The number of halogens is 2. The van der Waals surface area contributed by atoms with Crippen LogP contribution < -0.4 is 4.74 Å². The van der Waals surface area contributed by atoms with Crippen molar-refractivity contribution in [2.75, 3.05) is 20.2 Å². The van der Waals surface area contributed by atoms with Crippen LogP contribution in [0, 0.1) is 0 Å². The summed E-state index contributed by atoms with van der Waals surface area (Å²) in [4.78, 5) is -0.00229. The first-order valence-electron chi connectivity index (χ1n) is 5.99. The molecule has 0 aromatic heterocycles. The van der Waals surface area contributed by atoms with Crippen LogP contribution in [-0.2, 0) is 10.0 Å². The van der Waals surface area contributed by atoms with E-state index in [0.29, 0.717) is 15.9 Å². The molecule has 0 atom stereocenters. The lowest BCUT2D eigenvalue weighted by Crippen LogP contribution is -2.62. The van der Waals surface area contributed by atoms with Gasteiger partial charge in [0.25, 0.3) is 0 Å². The second-order valence-electron chi connectivity index (χ2n) is 4.77. The maximum atomic E-state index is 12.6. The molecule has 1 fully saturated rings. The minimum atomic E-state index is -3.74. The van der Waals surface area contributed by atoms with E-state index in [9.17, 15) is 13.5 Å². The van der Waals surface area contributed by atoms with Crippen LogP contribution in [-0.4, -0.2) is 43.6 Å². The molecule has 1 heterocycles. The van der Waals surface area contributed by atoms with E-state index in [0.717, 1.165) is 0 Å². The lowest BCUT2D eigenvalue weighted by molar-refractivity contribution is -0.0613. The van der Waals surface area contributed by atoms with Gasteiger partial charge in [0, 0.05) is 18.1 Å². The summed E-state index contributed by atoms with van der Waals surface area (Å²) in [5.41, 5.74) is -0.934. The third-order valence-corrected chi connectivity index (χ3v) is 6.00. The number of nitrogens with zero attached hydrogens (tertiary/aromatic N) is 1. The molecule has 1 saturated heterocycles. The van der Waals surface area contributed by atoms with Gasteiger partial charge in [-0.05, 0) is 34.5 Å². The van der Waals surface area contributed by atoms with Gasteiger partial charge in [-0.25, -0.2) is 8.42 Å². The van der Waals surface area contributed by atoms with Gasteiger partial charge < -0.3 is 9.84 Å². The summed E-state index contributed by atoms with van der Waals surface area (Å²) in [5.74, 6) is 0.210. The van der Waals surface area contributed by atoms with Gasteiger partial charge in [0.2, 0.25) is 10.0 Å². The Morgan fingerprint density at radius 2 is 2.10 bits per heavy atom. The molecule has 2 rings (SSSR count). The normalized spacial score (nSPS) is 18.6. The summed E-state index contributed by atoms with van der Waals surface area (Å²) in [7, 11) is -2.34. The van der Waals surface area contributed by atoms with Gasteiger partial charge in [0.15, 0.2) is 5.75 Å². The third kappa shape index (κ3) is 2.69. The van der Waals surface area contributed by atoms with Crippen LogP contribution in [0.1, 0.15) is 13.3 Å². The van der Waals surface area contributed by atoms with Crippen molar-refractivity contribution in [2.24, 2.45) is 0 Å². The van der Waals surface area contributed by atoms with Crippen molar-refractivity contribution in [1.82, 2.24) is 4.31 Å². The fourth-order valence-electron chi connectivity index (χ4n) is 2.07. The van der Waals surface area contributed by atoms with E-state index < -0.39 is 15.6 Å². The number of β-amino-alcohol motifs (C(OH)–C–C–N with tert-alkyl or cyclic N) is 1. The number of sulfonamides is 1. The molecular weight excluding hydrogens is 370 g/mol. The highest BCUT2D eigenvalue weighted by Gasteiger charge is 2.46. The van der Waals surface area contributed by atoms with E-state index in [4.69, 9.17) is 16.3 Å². The summed E-state index contributed by atoms with van der Waals surface area (Å²) in [5, 5.41) is 10.3. The van der Waals surface area contributed by atoms with Crippen LogP contribution in [0.3, 0.4) is 0 Å². The van der Waals surface area contributed by atoms with Gasteiger partial charge >= 0.3 is 0 Å². The highest BCUT2D eigenvalue weighted by Crippen LogP contribution is 2.39. The number of hydrogen-bond acceptors (Lipinski definition) is 4. The Balaban J connectivity index is 2.41. The average molecular weight is 385 g/mol. The molecule has 0 radical (unpaired) electrons. The molecule has 0 unspecified atom stereocenters. The van der Waals surface area contributed by atoms with Crippen molar-refractivity contribution in [1.29, 1.82) is 0 Å². The molecular formula is C12H15BrClNO4S. The van der Waals surface area contributed by atoms with Crippen LogP contribution in [0.15, 0.2) is 21.5 Å². The SMILES string of the molecule is CCC1(O)CN(S(=O)(=O)c2cc(Cl)cc(Br)c2OC)C1. The highest BCUT2D eigenvalue weighted by molar-refractivity contribution is 9.10. The average Bonchev–Trinajstić information content (AvgIpc) is 2.34. The summed E-state index contributed by atoms with van der Waals surface area (Å²) < 4.78 is 31.9. The first kappa shape index (κ1) is 16.0. The molecule has 1 N–H and O–H groups in total. The second kappa shape index (κ2) is 5.46. The van der Waals surface area contributed by atoms with Crippen molar-refractivity contribution in [3.8, 4) is 5.75 Å². The highest BCUT2D eigenvalue weighted by atomic mass is 79.9. The Hall–Kier alpha value is -0.340. The molecule has 1 aliphatic rings. The van der Waals surface area contributed by atoms with Gasteiger partial charge in [-0.1, -0.05) is 18.5 Å². The second-order valence-corrected chi connectivity index (χ2v) is 7.97. The molecule has 0 amide bonds. The quantitative estimate of drug-likeness (QED) is 0.864. The summed E-state index contributed by atoms with van der Waals surface area (Å²) in [6.07, 6.45) is 0.509. The topological polar surface area (TPSA) is 66.8 Å². The van der Waals surface area contributed by atoms with E-state index in [2.05, 4.69) is 15.9 Å². The predicted octanol–water partition coefficient (Wildman–Crippen LogP) is 2.26. The van der Waals surface area contributed by atoms with Crippen molar-refractivity contribution in [2.45, 2.75) is 23.8 Å². The van der Waals surface area contributed by atoms with E-state index in [1.807, 2.05) is 6.92 Å².